The van der Waals surface area contributed by atoms with Crippen LogP contribution in [0.25, 0.3) is 16.7 Å². The van der Waals surface area contributed by atoms with Crippen LogP contribution in [0.15, 0.2) is 49.1 Å². The van der Waals surface area contributed by atoms with E-state index in [4.69, 9.17) is 21.1 Å². The van der Waals surface area contributed by atoms with Gasteiger partial charge in [-0.1, -0.05) is 17.7 Å². The molecule has 36 heavy (non-hydrogen) atoms. The minimum atomic E-state index is -1.23. The first-order valence-corrected chi connectivity index (χ1v) is 11.0. The first kappa shape index (κ1) is 24.9. The monoisotopic (exact) mass is 511 g/mol. The molecule has 1 amide bonds. The van der Waals surface area contributed by atoms with Crippen LogP contribution in [0, 0.1) is 17.1 Å². The van der Waals surface area contributed by atoms with Gasteiger partial charge in [0.1, 0.15) is 35.1 Å². The van der Waals surface area contributed by atoms with Crippen LogP contribution in [-0.4, -0.2) is 61.2 Å². The van der Waals surface area contributed by atoms with Crippen LogP contribution in [0.4, 0.5) is 10.2 Å². The molecule has 0 spiro atoms. The molecule has 184 valence electrons. The highest BCUT2D eigenvalue weighted by molar-refractivity contribution is 6.32. The summed E-state index contributed by atoms with van der Waals surface area (Å²) in [5, 5.41) is 26.2. The molecule has 11 nitrogen and oxygen atoms in total. The van der Waals surface area contributed by atoms with Gasteiger partial charge in [-0.15, -0.1) is 0 Å². The van der Waals surface area contributed by atoms with E-state index in [0.29, 0.717) is 11.1 Å². The highest BCUT2D eigenvalue weighted by atomic mass is 35.5. The van der Waals surface area contributed by atoms with Crippen LogP contribution >= 0.6 is 11.6 Å². The molecule has 13 heteroatoms. The SMILES string of the molecule is C[C@H](CO)OC[C@H](Oc1ncnc2c1cnn2-c1c(Cl)cccc1C#N)C(=O)Nc1ccc(F)cn1. The van der Waals surface area contributed by atoms with Crippen molar-refractivity contribution in [3.05, 3.63) is 65.5 Å². The van der Waals surface area contributed by atoms with Gasteiger partial charge in [0.15, 0.2) is 5.65 Å². The number of carbonyl (C=O) groups excluding carboxylic acids is 1. The Morgan fingerprint density at radius 2 is 2.11 bits per heavy atom. The predicted octanol–water partition coefficient (Wildman–Crippen LogP) is 2.66. The van der Waals surface area contributed by atoms with Gasteiger partial charge < -0.3 is 19.9 Å². The second-order valence-electron chi connectivity index (χ2n) is 7.50. The number of pyridine rings is 1. The molecule has 4 aromatic rings. The molecule has 0 aliphatic rings. The Kier molecular flexibility index (Phi) is 7.65. The Morgan fingerprint density at radius 3 is 2.83 bits per heavy atom. The molecule has 3 heterocycles. The Morgan fingerprint density at radius 1 is 1.28 bits per heavy atom. The molecule has 0 bridgehead atoms. The number of nitriles is 1. The lowest BCUT2D eigenvalue weighted by atomic mass is 10.2. The van der Waals surface area contributed by atoms with Crippen molar-refractivity contribution >= 4 is 34.4 Å². The fraction of sp³-hybridized carbons (Fsp3) is 0.217. The fourth-order valence-electron chi connectivity index (χ4n) is 3.16. The second-order valence-corrected chi connectivity index (χ2v) is 7.91. The van der Waals surface area contributed by atoms with Gasteiger partial charge in [-0.05, 0) is 31.2 Å². The van der Waals surface area contributed by atoms with Crippen LogP contribution in [0.2, 0.25) is 5.02 Å². The van der Waals surface area contributed by atoms with Gasteiger partial charge in [-0.3, -0.25) is 4.79 Å². The number of halogens is 2. The predicted molar refractivity (Wildman–Crippen MR) is 126 cm³/mol. The summed E-state index contributed by atoms with van der Waals surface area (Å²) in [4.78, 5) is 25.1. The normalized spacial score (nSPS) is 12.6. The van der Waals surface area contributed by atoms with Gasteiger partial charge in [0, 0.05) is 0 Å². The molecule has 2 atom stereocenters. The van der Waals surface area contributed by atoms with Gasteiger partial charge in [0.05, 0.1) is 42.3 Å². The van der Waals surface area contributed by atoms with Crippen molar-refractivity contribution in [2.45, 2.75) is 19.1 Å². The van der Waals surface area contributed by atoms with Crippen LogP contribution in [-0.2, 0) is 9.53 Å². The van der Waals surface area contributed by atoms with Gasteiger partial charge in [0.2, 0.25) is 12.0 Å². The number of amides is 1. The molecule has 3 aromatic heterocycles. The maximum Gasteiger partial charge on any atom is 0.269 e. The summed E-state index contributed by atoms with van der Waals surface area (Å²) in [6.07, 6.45) is 1.80. The number of ether oxygens (including phenoxy) is 2. The highest BCUT2D eigenvalue weighted by Gasteiger charge is 2.25. The third kappa shape index (κ3) is 5.38. The van der Waals surface area contributed by atoms with Gasteiger partial charge >= 0.3 is 0 Å². The zero-order valence-corrected chi connectivity index (χ0v) is 19.6. The molecule has 1 aromatic carbocycles. The van der Waals surface area contributed by atoms with Gasteiger partial charge in [-0.2, -0.15) is 10.4 Å². The van der Waals surface area contributed by atoms with Crippen molar-refractivity contribution < 1.29 is 23.8 Å². The van der Waals surface area contributed by atoms with Crippen LogP contribution in [0.1, 0.15) is 12.5 Å². The molecular weight excluding hydrogens is 493 g/mol. The first-order valence-electron chi connectivity index (χ1n) is 10.6. The average molecular weight is 512 g/mol. The first-order chi connectivity index (χ1) is 17.4. The van der Waals surface area contributed by atoms with Crippen molar-refractivity contribution in [2.24, 2.45) is 0 Å². The van der Waals surface area contributed by atoms with E-state index in [1.165, 1.54) is 23.3 Å². The lowest BCUT2D eigenvalue weighted by Gasteiger charge is -2.20. The molecule has 0 radical (unpaired) electrons. The number of nitrogens with zero attached hydrogens (tertiary/aromatic N) is 6. The van der Waals surface area contributed by atoms with Gasteiger partial charge in [0.25, 0.3) is 5.91 Å². The standard InChI is InChI=1S/C23H19ClFN7O4/c1-13(10-33)35-11-18(22(34)31-19-6-5-15(25)8-27-19)36-23-16-9-30-32(21(16)28-12-29-23)20-14(7-26)3-2-4-17(20)24/h2-6,8-9,12-13,18,33H,10-11H2,1H3,(H,27,31,34)/t13-,18+/m1/s1. The summed E-state index contributed by atoms with van der Waals surface area (Å²) in [7, 11) is 0. The van der Waals surface area contributed by atoms with Gasteiger partial charge in [-0.25, -0.2) is 24.0 Å². The van der Waals surface area contributed by atoms with E-state index >= 15 is 0 Å². The number of aromatic nitrogens is 5. The Bertz CT molecular complexity index is 1420. The Balaban J connectivity index is 1.66. The molecule has 0 saturated heterocycles. The maximum atomic E-state index is 13.2. The molecular formula is C23H19ClFN7O4. The van der Waals surface area contributed by atoms with E-state index < -0.39 is 23.9 Å². The number of fused-ring (bicyclic) bond motifs is 1. The Hall–Kier alpha value is -4.18. The molecule has 4 rings (SSSR count). The molecule has 0 saturated carbocycles. The number of para-hydroxylation sites is 1. The second kappa shape index (κ2) is 11.0. The summed E-state index contributed by atoms with van der Waals surface area (Å²) in [6.45, 7) is 1.12. The van der Waals surface area contributed by atoms with Crippen molar-refractivity contribution in [3.63, 3.8) is 0 Å². The molecule has 0 aliphatic carbocycles. The number of benzene rings is 1. The highest BCUT2D eigenvalue weighted by Crippen LogP contribution is 2.29. The van der Waals surface area contributed by atoms with E-state index in [1.54, 1.807) is 25.1 Å². The van der Waals surface area contributed by atoms with Crippen molar-refractivity contribution in [1.29, 1.82) is 5.26 Å². The van der Waals surface area contributed by atoms with E-state index in [2.05, 4.69) is 31.4 Å². The quantitative estimate of drug-likeness (QED) is 0.346. The number of aliphatic hydroxyl groups excluding tert-OH is 1. The van der Waals surface area contributed by atoms with Crippen LogP contribution in [0.5, 0.6) is 5.88 Å². The van der Waals surface area contributed by atoms with Crippen molar-refractivity contribution in [2.75, 3.05) is 18.5 Å². The fourth-order valence-corrected chi connectivity index (χ4v) is 3.41. The minimum absolute atomic E-state index is 0.0179. The summed E-state index contributed by atoms with van der Waals surface area (Å²) < 4.78 is 25.9. The third-order valence-corrected chi connectivity index (χ3v) is 5.27. The lowest BCUT2D eigenvalue weighted by molar-refractivity contribution is -0.127. The smallest absolute Gasteiger partial charge is 0.269 e. The minimum Gasteiger partial charge on any atom is -0.461 e. The summed E-state index contributed by atoms with van der Waals surface area (Å²) in [5.74, 6) is -1.08. The maximum absolute atomic E-state index is 13.2. The number of anilines is 1. The lowest BCUT2D eigenvalue weighted by Crippen LogP contribution is -2.38. The van der Waals surface area contributed by atoms with E-state index in [-0.39, 0.29) is 41.1 Å². The van der Waals surface area contributed by atoms with Crippen molar-refractivity contribution in [3.8, 4) is 17.6 Å². The summed E-state index contributed by atoms with van der Waals surface area (Å²) in [6, 6.07) is 9.37. The number of hydrogen-bond acceptors (Lipinski definition) is 9. The zero-order valence-electron chi connectivity index (χ0n) is 18.8. The Labute approximate surface area is 209 Å². The molecule has 0 fully saturated rings. The van der Waals surface area contributed by atoms with Crippen LogP contribution < -0.4 is 10.1 Å². The van der Waals surface area contributed by atoms with Crippen molar-refractivity contribution in [1.82, 2.24) is 24.7 Å². The van der Waals surface area contributed by atoms with E-state index in [9.17, 15) is 19.6 Å². The molecule has 0 unspecified atom stereocenters. The number of aliphatic hydroxyl groups is 1. The topological polar surface area (TPSA) is 148 Å². The van der Waals surface area contributed by atoms with Crippen LogP contribution in [0.3, 0.4) is 0 Å². The number of nitrogens with one attached hydrogen (secondary N) is 1. The van der Waals surface area contributed by atoms with E-state index in [1.807, 2.05) is 0 Å². The largest absolute Gasteiger partial charge is 0.461 e. The number of hydrogen-bond donors (Lipinski definition) is 2. The number of carbonyl (C=O) groups is 1. The van der Waals surface area contributed by atoms with E-state index in [0.717, 1.165) is 12.3 Å². The number of rotatable bonds is 9. The average Bonchev–Trinajstić information content (AvgIpc) is 3.31. The third-order valence-electron chi connectivity index (χ3n) is 4.96. The summed E-state index contributed by atoms with van der Waals surface area (Å²) >= 11 is 6.33. The summed E-state index contributed by atoms with van der Waals surface area (Å²) in [5.41, 5.74) is 0.899. The molecule has 0 aliphatic heterocycles. The zero-order chi connectivity index (χ0) is 25.7. The molecule has 2 N–H and O–H groups in total.